The SMILES string of the molecule is C=C(COc1ccc(OC)cc1)[N+]([O-])(CC)CC. The first-order chi connectivity index (χ1) is 8.55. The van der Waals surface area contributed by atoms with Crippen LogP contribution in [0.25, 0.3) is 0 Å². The zero-order valence-electron chi connectivity index (χ0n) is 11.3. The quantitative estimate of drug-likeness (QED) is 0.552. The van der Waals surface area contributed by atoms with Gasteiger partial charge < -0.3 is 19.3 Å². The van der Waals surface area contributed by atoms with Crippen LogP contribution in [0.1, 0.15) is 13.8 Å². The second-order valence-corrected chi connectivity index (χ2v) is 4.05. The predicted molar refractivity (Wildman–Crippen MR) is 72.3 cm³/mol. The van der Waals surface area contributed by atoms with Crippen LogP contribution >= 0.6 is 0 Å². The zero-order chi connectivity index (χ0) is 13.6. The van der Waals surface area contributed by atoms with Gasteiger partial charge in [0, 0.05) is 0 Å². The minimum absolute atomic E-state index is 0.234. The standard InChI is InChI=1S/C14H21NO3/c1-5-15(16,6-2)12(3)11-18-14-9-7-13(17-4)8-10-14/h7-10H,3,5-6,11H2,1-2,4H3. The van der Waals surface area contributed by atoms with Crippen molar-refractivity contribution in [3.05, 3.63) is 41.7 Å². The number of benzene rings is 1. The molecule has 0 unspecified atom stereocenters. The largest absolute Gasteiger partial charge is 0.628 e. The van der Waals surface area contributed by atoms with Gasteiger partial charge in [0.15, 0.2) is 6.61 Å². The minimum Gasteiger partial charge on any atom is -0.628 e. The lowest BCUT2D eigenvalue weighted by Crippen LogP contribution is -2.42. The van der Waals surface area contributed by atoms with Crippen LogP contribution in [-0.2, 0) is 0 Å². The van der Waals surface area contributed by atoms with Crippen molar-refractivity contribution < 1.29 is 14.1 Å². The summed E-state index contributed by atoms with van der Waals surface area (Å²) < 4.78 is 10.2. The van der Waals surface area contributed by atoms with Crippen molar-refractivity contribution in [2.75, 3.05) is 26.8 Å². The van der Waals surface area contributed by atoms with Crippen LogP contribution in [0.3, 0.4) is 0 Å². The molecule has 0 saturated heterocycles. The average Bonchev–Trinajstić information content (AvgIpc) is 2.44. The van der Waals surface area contributed by atoms with E-state index in [4.69, 9.17) is 9.47 Å². The fraction of sp³-hybridized carbons (Fsp3) is 0.429. The molecular weight excluding hydrogens is 230 g/mol. The molecule has 0 bridgehead atoms. The number of quaternary nitrogens is 1. The molecule has 0 fully saturated rings. The van der Waals surface area contributed by atoms with E-state index in [0.29, 0.717) is 24.5 Å². The third-order valence-electron chi connectivity index (χ3n) is 3.06. The van der Waals surface area contributed by atoms with E-state index in [1.54, 1.807) is 7.11 Å². The second-order valence-electron chi connectivity index (χ2n) is 4.05. The van der Waals surface area contributed by atoms with Crippen molar-refractivity contribution in [2.45, 2.75) is 13.8 Å². The van der Waals surface area contributed by atoms with Gasteiger partial charge in [-0.25, -0.2) is 0 Å². The molecule has 0 aliphatic heterocycles. The Morgan fingerprint density at radius 2 is 1.67 bits per heavy atom. The maximum Gasteiger partial charge on any atom is 0.162 e. The van der Waals surface area contributed by atoms with E-state index in [1.165, 1.54) is 0 Å². The normalized spacial score (nSPS) is 11.1. The molecule has 0 aromatic heterocycles. The number of likely N-dealkylation sites (N-methyl/N-ethyl adjacent to an activating group) is 1. The molecule has 0 aliphatic carbocycles. The monoisotopic (exact) mass is 251 g/mol. The second kappa shape index (κ2) is 6.42. The fourth-order valence-electron chi connectivity index (χ4n) is 1.63. The number of hydroxylamine groups is 3. The molecule has 0 N–H and O–H groups in total. The highest BCUT2D eigenvalue weighted by atomic mass is 16.6. The van der Waals surface area contributed by atoms with Crippen LogP contribution in [0.2, 0.25) is 0 Å². The summed E-state index contributed by atoms with van der Waals surface area (Å²) in [6.07, 6.45) is 0. The Kier molecular flexibility index (Phi) is 5.19. The van der Waals surface area contributed by atoms with Gasteiger partial charge in [-0.15, -0.1) is 0 Å². The third-order valence-corrected chi connectivity index (χ3v) is 3.06. The third kappa shape index (κ3) is 3.48. The highest BCUT2D eigenvalue weighted by Crippen LogP contribution is 2.19. The molecule has 4 heteroatoms. The van der Waals surface area contributed by atoms with Crippen molar-refractivity contribution >= 4 is 0 Å². The van der Waals surface area contributed by atoms with Gasteiger partial charge >= 0.3 is 0 Å². The Morgan fingerprint density at radius 3 is 2.11 bits per heavy atom. The molecule has 4 nitrogen and oxygen atoms in total. The van der Waals surface area contributed by atoms with E-state index in [-0.39, 0.29) is 6.61 Å². The summed E-state index contributed by atoms with van der Waals surface area (Å²) in [5, 5.41) is 12.2. The van der Waals surface area contributed by atoms with Gasteiger partial charge in [0.1, 0.15) is 17.2 Å². The topological polar surface area (TPSA) is 41.5 Å². The molecule has 100 valence electrons. The van der Waals surface area contributed by atoms with E-state index < -0.39 is 4.65 Å². The first kappa shape index (κ1) is 14.5. The van der Waals surface area contributed by atoms with Gasteiger partial charge in [0.05, 0.1) is 20.2 Å². The van der Waals surface area contributed by atoms with Crippen molar-refractivity contribution in [1.82, 2.24) is 0 Å². The number of rotatable bonds is 7. The molecule has 0 heterocycles. The van der Waals surface area contributed by atoms with Crippen molar-refractivity contribution in [1.29, 1.82) is 0 Å². The van der Waals surface area contributed by atoms with Crippen LogP contribution in [-0.4, -0.2) is 31.5 Å². The van der Waals surface area contributed by atoms with Gasteiger partial charge in [0.25, 0.3) is 0 Å². The lowest BCUT2D eigenvalue weighted by molar-refractivity contribution is -0.839. The van der Waals surface area contributed by atoms with Crippen LogP contribution in [0, 0.1) is 5.21 Å². The molecule has 1 aromatic rings. The number of ether oxygens (including phenoxy) is 2. The van der Waals surface area contributed by atoms with Gasteiger partial charge in [-0.2, -0.15) is 0 Å². The molecule has 0 atom stereocenters. The Balaban J connectivity index is 2.56. The summed E-state index contributed by atoms with van der Waals surface area (Å²) in [7, 11) is 1.61. The van der Waals surface area contributed by atoms with Gasteiger partial charge in [-0.3, -0.25) is 0 Å². The maximum absolute atomic E-state index is 12.2. The molecule has 0 aliphatic rings. The molecule has 0 saturated carbocycles. The number of methoxy groups -OCH3 is 1. The van der Waals surface area contributed by atoms with Crippen LogP contribution in [0.4, 0.5) is 0 Å². The van der Waals surface area contributed by atoms with Gasteiger partial charge in [-0.05, 0) is 44.7 Å². The number of hydrogen-bond donors (Lipinski definition) is 0. The van der Waals surface area contributed by atoms with E-state index >= 15 is 0 Å². The molecule has 1 aromatic carbocycles. The summed E-state index contributed by atoms with van der Waals surface area (Å²) >= 11 is 0. The highest BCUT2D eigenvalue weighted by molar-refractivity contribution is 5.31. The predicted octanol–water partition coefficient (Wildman–Crippen LogP) is 2.94. The zero-order valence-corrected chi connectivity index (χ0v) is 11.3. The Labute approximate surface area is 109 Å². The van der Waals surface area contributed by atoms with E-state index in [1.807, 2.05) is 38.1 Å². The van der Waals surface area contributed by atoms with Crippen LogP contribution in [0.15, 0.2) is 36.5 Å². The molecule has 18 heavy (non-hydrogen) atoms. The van der Waals surface area contributed by atoms with Crippen molar-refractivity contribution in [3.63, 3.8) is 0 Å². The summed E-state index contributed by atoms with van der Waals surface area (Å²) in [6.45, 7) is 8.72. The minimum atomic E-state index is -0.407. The average molecular weight is 251 g/mol. The summed E-state index contributed by atoms with van der Waals surface area (Å²) in [5.41, 5.74) is 0.538. The van der Waals surface area contributed by atoms with Crippen LogP contribution < -0.4 is 9.47 Å². The lowest BCUT2D eigenvalue weighted by atomic mass is 10.3. The maximum atomic E-state index is 12.2. The fourth-order valence-corrected chi connectivity index (χ4v) is 1.63. The smallest absolute Gasteiger partial charge is 0.162 e. The number of hydrogen-bond acceptors (Lipinski definition) is 3. The first-order valence-electron chi connectivity index (χ1n) is 6.09. The number of nitrogens with zero attached hydrogens (tertiary/aromatic N) is 1. The molecule has 0 spiro atoms. The summed E-state index contributed by atoms with van der Waals surface area (Å²) in [4.78, 5) is 0. The highest BCUT2D eigenvalue weighted by Gasteiger charge is 2.17. The Hall–Kier alpha value is -1.52. The van der Waals surface area contributed by atoms with Crippen molar-refractivity contribution in [3.8, 4) is 11.5 Å². The van der Waals surface area contributed by atoms with E-state index in [0.717, 1.165) is 5.75 Å². The molecule has 1 rings (SSSR count). The van der Waals surface area contributed by atoms with Gasteiger partial charge in [0.2, 0.25) is 0 Å². The van der Waals surface area contributed by atoms with Crippen LogP contribution in [0.5, 0.6) is 11.5 Å². The van der Waals surface area contributed by atoms with Gasteiger partial charge in [-0.1, -0.05) is 0 Å². The van der Waals surface area contributed by atoms with E-state index in [9.17, 15) is 5.21 Å². The van der Waals surface area contributed by atoms with Crippen molar-refractivity contribution in [2.24, 2.45) is 0 Å². The summed E-state index contributed by atoms with van der Waals surface area (Å²) in [6, 6.07) is 7.25. The Morgan fingerprint density at radius 1 is 1.17 bits per heavy atom. The first-order valence-corrected chi connectivity index (χ1v) is 6.09. The molecule has 0 radical (unpaired) electrons. The lowest BCUT2D eigenvalue weighted by Gasteiger charge is -2.41. The molecular formula is C14H21NO3. The summed E-state index contributed by atoms with van der Waals surface area (Å²) in [5.74, 6) is 1.48. The van der Waals surface area contributed by atoms with E-state index in [2.05, 4.69) is 6.58 Å². The Bertz CT molecular complexity index is 383. The molecule has 0 amide bonds.